The number of hydrogen-bond acceptors (Lipinski definition) is 7. The smallest absolute Gasteiger partial charge is 0.262 e. The summed E-state index contributed by atoms with van der Waals surface area (Å²) in [7, 11) is 3.07. The number of aromatic nitrogens is 2. The summed E-state index contributed by atoms with van der Waals surface area (Å²) >= 11 is 0. The second-order valence-corrected chi connectivity index (χ2v) is 8.98. The lowest BCUT2D eigenvalue weighted by molar-refractivity contribution is -0.119. The van der Waals surface area contributed by atoms with Crippen LogP contribution in [0.25, 0.3) is 10.9 Å². The first-order chi connectivity index (χ1) is 17.0. The third-order valence-corrected chi connectivity index (χ3v) is 6.78. The first-order valence-electron chi connectivity index (χ1n) is 11.9. The monoisotopic (exact) mass is 478 g/mol. The first kappa shape index (κ1) is 23.3. The third-order valence-electron chi connectivity index (χ3n) is 6.78. The van der Waals surface area contributed by atoms with E-state index in [1.165, 1.54) is 11.7 Å². The molecule has 184 valence electrons. The van der Waals surface area contributed by atoms with Crippen molar-refractivity contribution in [3.05, 3.63) is 58.1 Å². The van der Waals surface area contributed by atoms with E-state index in [0.29, 0.717) is 48.0 Å². The number of methoxy groups -OCH3 is 2. The number of fused-ring (bicyclic) bond motifs is 2. The van der Waals surface area contributed by atoms with Gasteiger partial charge in [0.25, 0.3) is 5.56 Å². The maximum atomic E-state index is 13.7. The number of rotatable bonds is 6. The zero-order valence-electron chi connectivity index (χ0n) is 20.3. The summed E-state index contributed by atoms with van der Waals surface area (Å²) in [6.07, 6.45) is 0.796. The molecule has 0 bridgehead atoms. The lowest BCUT2D eigenvalue weighted by Crippen LogP contribution is -2.42. The number of hydrogen-bond donors (Lipinski definition) is 0. The Kier molecular flexibility index (Phi) is 6.44. The predicted molar refractivity (Wildman–Crippen MR) is 132 cm³/mol. The van der Waals surface area contributed by atoms with Gasteiger partial charge in [-0.1, -0.05) is 18.2 Å². The summed E-state index contributed by atoms with van der Waals surface area (Å²) in [4.78, 5) is 36.2. The van der Waals surface area contributed by atoms with Gasteiger partial charge in [-0.2, -0.15) is 0 Å². The highest BCUT2D eigenvalue weighted by atomic mass is 16.5. The van der Waals surface area contributed by atoms with Crippen molar-refractivity contribution in [2.45, 2.75) is 32.5 Å². The lowest BCUT2D eigenvalue weighted by Gasteiger charge is -2.28. The Bertz CT molecular complexity index is 1320. The molecule has 1 atom stereocenters. The van der Waals surface area contributed by atoms with Gasteiger partial charge in [-0.3, -0.25) is 19.1 Å². The Balaban J connectivity index is 1.57. The molecule has 0 N–H and O–H groups in total. The topological polar surface area (TPSA) is 86.1 Å². The Morgan fingerprint density at radius 3 is 2.57 bits per heavy atom. The van der Waals surface area contributed by atoms with Crippen LogP contribution in [0.4, 0.5) is 5.69 Å². The van der Waals surface area contributed by atoms with Crippen LogP contribution >= 0.6 is 0 Å². The van der Waals surface area contributed by atoms with Crippen LogP contribution in [0.3, 0.4) is 0 Å². The van der Waals surface area contributed by atoms with E-state index in [1.807, 2.05) is 31.2 Å². The fourth-order valence-electron chi connectivity index (χ4n) is 4.99. The average Bonchev–Trinajstić information content (AvgIpc) is 3.22. The Labute approximate surface area is 203 Å². The van der Waals surface area contributed by atoms with Crippen LogP contribution < -0.4 is 19.9 Å². The number of carbonyl (C=O) groups is 1. The molecule has 1 fully saturated rings. The molecule has 0 aliphatic carbocycles. The van der Waals surface area contributed by atoms with E-state index in [2.05, 4.69) is 4.90 Å². The summed E-state index contributed by atoms with van der Waals surface area (Å²) in [5, 5.41) is 0.385. The van der Waals surface area contributed by atoms with Crippen LogP contribution in [-0.4, -0.2) is 66.9 Å². The zero-order valence-corrected chi connectivity index (χ0v) is 20.3. The number of nitrogens with zero attached hydrogens (tertiary/aromatic N) is 4. The second kappa shape index (κ2) is 9.67. The molecule has 9 nitrogen and oxygen atoms in total. The van der Waals surface area contributed by atoms with Gasteiger partial charge < -0.3 is 19.1 Å². The molecule has 3 aromatic rings. The van der Waals surface area contributed by atoms with Crippen LogP contribution in [0.15, 0.2) is 41.2 Å². The van der Waals surface area contributed by atoms with Gasteiger partial charge >= 0.3 is 0 Å². The highest BCUT2D eigenvalue weighted by molar-refractivity contribution is 5.96. The molecule has 5 rings (SSSR count). The number of amides is 1. The minimum Gasteiger partial charge on any atom is -0.493 e. The molecule has 35 heavy (non-hydrogen) atoms. The highest BCUT2D eigenvalue weighted by Gasteiger charge is 2.31. The van der Waals surface area contributed by atoms with Crippen LogP contribution in [0, 0.1) is 0 Å². The molecule has 1 amide bonds. The van der Waals surface area contributed by atoms with Crippen molar-refractivity contribution >= 4 is 22.5 Å². The quantitative estimate of drug-likeness (QED) is 0.537. The molecular weight excluding hydrogens is 448 g/mol. The van der Waals surface area contributed by atoms with E-state index >= 15 is 0 Å². The van der Waals surface area contributed by atoms with Crippen LogP contribution in [0.1, 0.15) is 18.3 Å². The van der Waals surface area contributed by atoms with E-state index in [4.69, 9.17) is 19.2 Å². The predicted octanol–water partition coefficient (Wildman–Crippen LogP) is 2.22. The molecule has 2 aromatic carbocycles. The van der Waals surface area contributed by atoms with Gasteiger partial charge in [0.15, 0.2) is 11.5 Å². The van der Waals surface area contributed by atoms with E-state index in [0.717, 1.165) is 30.8 Å². The molecule has 0 unspecified atom stereocenters. The number of ether oxygens (including phenoxy) is 3. The minimum absolute atomic E-state index is 0.0241. The van der Waals surface area contributed by atoms with Crippen LogP contribution in [0.5, 0.6) is 11.5 Å². The summed E-state index contributed by atoms with van der Waals surface area (Å²) < 4.78 is 17.8. The first-order valence-corrected chi connectivity index (χ1v) is 11.9. The number of carbonyl (C=O) groups excluding carboxylic acids is 1. The number of para-hydroxylation sites is 1. The van der Waals surface area contributed by atoms with Gasteiger partial charge in [-0.25, -0.2) is 4.98 Å². The van der Waals surface area contributed by atoms with Crippen molar-refractivity contribution in [1.82, 2.24) is 14.5 Å². The van der Waals surface area contributed by atoms with E-state index in [1.54, 1.807) is 24.1 Å². The normalized spacial score (nSPS) is 18.0. The fraction of sp³-hybridized carbons (Fsp3) is 0.423. The van der Waals surface area contributed by atoms with Gasteiger partial charge in [-0.05, 0) is 31.0 Å². The van der Waals surface area contributed by atoms with Gasteiger partial charge in [0.05, 0.1) is 44.9 Å². The summed E-state index contributed by atoms with van der Waals surface area (Å²) in [6.45, 7) is 5.13. The minimum atomic E-state index is -0.271. The van der Waals surface area contributed by atoms with Crippen molar-refractivity contribution in [3.63, 3.8) is 0 Å². The van der Waals surface area contributed by atoms with Crippen molar-refractivity contribution in [3.8, 4) is 11.5 Å². The summed E-state index contributed by atoms with van der Waals surface area (Å²) in [5.41, 5.74) is 2.29. The van der Waals surface area contributed by atoms with Gasteiger partial charge in [0.1, 0.15) is 12.4 Å². The van der Waals surface area contributed by atoms with Gasteiger partial charge in [0, 0.05) is 30.9 Å². The van der Waals surface area contributed by atoms with E-state index < -0.39 is 0 Å². The molecule has 1 aromatic heterocycles. The largest absolute Gasteiger partial charge is 0.493 e. The van der Waals surface area contributed by atoms with Gasteiger partial charge in [-0.15, -0.1) is 0 Å². The van der Waals surface area contributed by atoms with Crippen molar-refractivity contribution < 1.29 is 19.0 Å². The van der Waals surface area contributed by atoms with E-state index in [9.17, 15) is 9.59 Å². The lowest BCUT2D eigenvalue weighted by atomic mass is 10.1. The van der Waals surface area contributed by atoms with Crippen LogP contribution in [-0.2, 0) is 29.0 Å². The van der Waals surface area contributed by atoms with Gasteiger partial charge in [0.2, 0.25) is 5.91 Å². The maximum absolute atomic E-state index is 13.7. The third kappa shape index (κ3) is 4.37. The molecule has 2 aliphatic rings. The molecular formula is C26H30N4O5. The molecule has 3 heterocycles. The molecule has 9 heteroatoms. The van der Waals surface area contributed by atoms with Crippen LogP contribution in [0.2, 0.25) is 0 Å². The molecule has 0 radical (unpaired) electrons. The second-order valence-electron chi connectivity index (χ2n) is 8.98. The Hall–Kier alpha value is -3.43. The molecule has 2 aliphatic heterocycles. The molecule has 0 saturated carbocycles. The standard InChI is InChI=1S/C26H30N4O5/c1-17-12-18-6-4-5-7-21(18)30(17)25(31)16-29-24(15-28-8-10-35-11-9-28)27-20-14-23(34-3)22(33-2)13-19(20)26(29)32/h4-7,13-14,17H,8-12,15-16H2,1-3H3/t17-/m1/s1. The Morgan fingerprint density at radius 2 is 1.83 bits per heavy atom. The van der Waals surface area contributed by atoms with E-state index in [-0.39, 0.29) is 24.1 Å². The Morgan fingerprint density at radius 1 is 1.11 bits per heavy atom. The number of benzene rings is 2. The molecule has 0 spiro atoms. The molecule has 1 saturated heterocycles. The fourth-order valence-corrected chi connectivity index (χ4v) is 4.99. The van der Waals surface area contributed by atoms with Crippen molar-refractivity contribution in [2.24, 2.45) is 0 Å². The summed E-state index contributed by atoms with van der Waals surface area (Å²) in [5.74, 6) is 1.36. The highest BCUT2D eigenvalue weighted by Crippen LogP contribution is 2.33. The number of anilines is 1. The van der Waals surface area contributed by atoms with Crippen molar-refractivity contribution in [2.75, 3.05) is 45.4 Å². The van der Waals surface area contributed by atoms with Crippen molar-refractivity contribution in [1.29, 1.82) is 0 Å². The number of morpholine rings is 1. The SMILES string of the molecule is COc1cc2nc(CN3CCOCC3)n(CC(=O)N3c4ccccc4C[C@H]3C)c(=O)c2cc1OC. The maximum Gasteiger partial charge on any atom is 0.262 e. The summed E-state index contributed by atoms with van der Waals surface area (Å²) in [6, 6.07) is 11.3. The zero-order chi connectivity index (χ0) is 24.5. The average molecular weight is 479 g/mol.